The van der Waals surface area contributed by atoms with Crippen molar-refractivity contribution in [3.8, 4) is 11.3 Å². The van der Waals surface area contributed by atoms with Crippen LogP contribution in [0.3, 0.4) is 0 Å². The first-order valence-corrected chi connectivity index (χ1v) is 11.1. The molecule has 0 unspecified atom stereocenters. The predicted octanol–water partition coefficient (Wildman–Crippen LogP) is 3.16. The molecule has 8 heteroatoms. The molecule has 33 heavy (non-hydrogen) atoms. The largest absolute Gasteiger partial charge is 0.378 e. The zero-order valence-electron chi connectivity index (χ0n) is 19.4. The first-order chi connectivity index (χ1) is 15.8. The van der Waals surface area contributed by atoms with Crippen LogP contribution in [0, 0.1) is 0 Å². The highest BCUT2D eigenvalue weighted by atomic mass is 16.5. The average Bonchev–Trinajstić information content (AvgIpc) is 2.85. The van der Waals surface area contributed by atoms with Crippen LogP contribution in [-0.2, 0) is 9.53 Å². The Labute approximate surface area is 194 Å². The zero-order chi connectivity index (χ0) is 23.4. The van der Waals surface area contributed by atoms with Gasteiger partial charge in [0.15, 0.2) is 6.04 Å². The summed E-state index contributed by atoms with van der Waals surface area (Å²) >= 11 is 0. The molecule has 0 radical (unpaired) electrons. The predicted molar refractivity (Wildman–Crippen MR) is 133 cm³/mol. The van der Waals surface area contributed by atoms with Gasteiger partial charge < -0.3 is 20.7 Å². The lowest BCUT2D eigenvalue weighted by atomic mass is 10.1. The second kappa shape index (κ2) is 9.56. The number of quaternary nitrogens is 1. The normalized spacial score (nSPS) is 15.2. The zero-order valence-corrected chi connectivity index (χ0v) is 19.4. The van der Waals surface area contributed by atoms with Gasteiger partial charge in [-0.2, -0.15) is 0 Å². The van der Waals surface area contributed by atoms with Gasteiger partial charge in [-0.05, 0) is 61.5 Å². The van der Waals surface area contributed by atoms with E-state index in [1.54, 1.807) is 6.20 Å². The Balaban J connectivity index is 1.47. The van der Waals surface area contributed by atoms with Gasteiger partial charge in [0.1, 0.15) is 5.69 Å². The molecule has 0 saturated carbocycles. The number of nitrogens with one attached hydrogen (secondary N) is 1. The number of carbonyl (C=O) groups excluding carboxylic acids is 1. The highest BCUT2D eigenvalue weighted by Crippen LogP contribution is 2.27. The van der Waals surface area contributed by atoms with Crippen molar-refractivity contribution in [1.29, 1.82) is 0 Å². The Morgan fingerprint density at radius 2 is 1.73 bits per heavy atom. The minimum absolute atomic E-state index is 0.325. The Bertz CT molecular complexity index is 1090. The van der Waals surface area contributed by atoms with E-state index >= 15 is 0 Å². The highest BCUT2D eigenvalue weighted by molar-refractivity contribution is 5.81. The summed E-state index contributed by atoms with van der Waals surface area (Å²) in [6.07, 6.45) is 1.75. The topological polar surface area (TPSA) is 93.4 Å². The van der Waals surface area contributed by atoms with Crippen molar-refractivity contribution >= 4 is 28.9 Å². The van der Waals surface area contributed by atoms with E-state index in [2.05, 4.69) is 32.3 Å². The molecule has 0 spiro atoms. The number of benzene rings is 2. The number of nitrogens with zero attached hydrogens (tertiary/aromatic N) is 4. The van der Waals surface area contributed by atoms with Crippen molar-refractivity contribution in [2.45, 2.75) is 13.0 Å². The van der Waals surface area contributed by atoms with E-state index in [9.17, 15) is 4.79 Å². The number of morpholine rings is 1. The van der Waals surface area contributed by atoms with Crippen molar-refractivity contribution in [2.24, 2.45) is 5.73 Å². The fraction of sp³-hybridized carbons (Fsp3) is 0.320. The van der Waals surface area contributed by atoms with Gasteiger partial charge in [0.05, 0.1) is 33.0 Å². The van der Waals surface area contributed by atoms with Crippen LogP contribution in [-0.4, -0.2) is 62.3 Å². The molecule has 1 aliphatic heterocycles. The quantitative estimate of drug-likeness (QED) is 0.541. The van der Waals surface area contributed by atoms with E-state index < -0.39 is 0 Å². The molecule has 4 rings (SSSR count). The molecular weight excluding hydrogens is 416 g/mol. The second-order valence-electron chi connectivity index (χ2n) is 8.70. The number of hydrogen-bond acceptors (Lipinski definition) is 6. The number of likely N-dealkylation sites (N-methyl/N-ethyl adjacent to an activating group) is 1. The van der Waals surface area contributed by atoms with E-state index in [0.717, 1.165) is 48.9 Å². The van der Waals surface area contributed by atoms with Crippen LogP contribution in [0.5, 0.6) is 0 Å². The number of nitrogens with two attached hydrogens (primary N) is 1. The number of amides is 1. The number of primary amides is 1. The molecule has 1 amide bonds. The number of carbonyl (C=O) groups is 1. The van der Waals surface area contributed by atoms with Crippen molar-refractivity contribution < 1.29 is 9.53 Å². The summed E-state index contributed by atoms with van der Waals surface area (Å²) in [6, 6.07) is 17.9. The maximum atomic E-state index is 11.7. The number of anilines is 3. The van der Waals surface area contributed by atoms with Crippen LogP contribution < -0.4 is 20.4 Å². The van der Waals surface area contributed by atoms with Gasteiger partial charge in [-0.1, -0.05) is 0 Å². The van der Waals surface area contributed by atoms with Crippen LogP contribution in [0.4, 0.5) is 23.0 Å². The molecule has 2 heterocycles. The number of hydrogen-bond donors (Lipinski definition) is 2. The Morgan fingerprint density at radius 1 is 1.06 bits per heavy atom. The molecular formula is C25H31N6O2+. The lowest BCUT2D eigenvalue weighted by Gasteiger charge is -2.33. The van der Waals surface area contributed by atoms with Gasteiger partial charge in [0.2, 0.25) is 5.95 Å². The van der Waals surface area contributed by atoms with Crippen LogP contribution in [0.1, 0.15) is 6.92 Å². The summed E-state index contributed by atoms with van der Waals surface area (Å²) in [6.45, 7) is 5.19. The third kappa shape index (κ3) is 5.13. The molecule has 2 aromatic carbocycles. The molecule has 3 aromatic rings. The number of aromatic nitrogens is 2. The van der Waals surface area contributed by atoms with Crippen LogP contribution >= 0.6 is 0 Å². The molecule has 1 aliphatic rings. The van der Waals surface area contributed by atoms with E-state index in [-0.39, 0.29) is 11.9 Å². The van der Waals surface area contributed by atoms with Gasteiger partial charge >= 0.3 is 0 Å². The van der Waals surface area contributed by atoms with E-state index in [1.165, 1.54) is 5.69 Å². The molecule has 1 saturated heterocycles. The van der Waals surface area contributed by atoms with Gasteiger partial charge in [0, 0.05) is 36.2 Å². The minimum atomic E-state index is -0.333. The monoisotopic (exact) mass is 447 g/mol. The van der Waals surface area contributed by atoms with Crippen molar-refractivity contribution in [3.63, 3.8) is 0 Å². The summed E-state index contributed by atoms with van der Waals surface area (Å²) in [5.74, 6) is 0.211. The molecule has 1 aromatic heterocycles. The Kier molecular flexibility index (Phi) is 6.57. The van der Waals surface area contributed by atoms with Crippen LogP contribution in [0.2, 0.25) is 0 Å². The molecule has 0 aliphatic carbocycles. The third-order valence-corrected chi connectivity index (χ3v) is 6.36. The molecule has 0 bridgehead atoms. The van der Waals surface area contributed by atoms with Gasteiger partial charge in [-0.3, -0.25) is 9.28 Å². The van der Waals surface area contributed by atoms with E-state index in [4.69, 9.17) is 10.5 Å². The third-order valence-electron chi connectivity index (χ3n) is 6.36. The van der Waals surface area contributed by atoms with E-state index in [1.807, 2.05) is 63.5 Å². The van der Waals surface area contributed by atoms with Crippen molar-refractivity contribution in [3.05, 3.63) is 60.8 Å². The Hall–Kier alpha value is -3.49. The standard InChI is InChI=1S/C25H30N6O2/c1-18(24(26)32)31(2,3)22-10-4-19(5-11-22)23-12-13-27-25(29-23)28-20-6-8-21(9-7-20)30-14-16-33-17-15-30/h4-13,18H,14-17H2,1-3H3,(H2-,26,27,28,29,32)/p+1/t18-/m1/s1. The molecule has 1 atom stereocenters. The van der Waals surface area contributed by atoms with Crippen LogP contribution in [0.15, 0.2) is 60.8 Å². The first-order valence-electron chi connectivity index (χ1n) is 11.1. The minimum Gasteiger partial charge on any atom is -0.378 e. The van der Waals surface area contributed by atoms with Gasteiger partial charge in [0.25, 0.3) is 5.91 Å². The fourth-order valence-electron chi connectivity index (χ4n) is 3.84. The maximum Gasteiger partial charge on any atom is 0.275 e. The molecule has 3 N–H and O–H groups in total. The summed E-state index contributed by atoms with van der Waals surface area (Å²) in [4.78, 5) is 23.0. The smallest absolute Gasteiger partial charge is 0.275 e. The maximum absolute atomic E-state index is 11.7. The molecule has 1 fully saturated rings. The van der Waals surface area contributed by atoms with Gasteiger partial charge in [-0.15, -0.1) is 0 Å². The molecule has 8 nitrogen and oxygen atoms in total. The summed E-state index contributed by atoms with van der Waals surface area (Å²) in [5.41, 5.74) is 10.4. The summed E-state index contributed by atoms with van der Waals surface area (Å²) < 4.78 is 5.81. The molecule has 172 valence electrons. The Morgan fingerprint density at radius 3 is 2.36 bits per heavy atom. The number of rotatable bonds is 7. The lowest BCUT2D eigenvalue weighted by molar-refractivity contribution is -0.121. The summed E-state index contributed by atoms with van der Waals surface area (Å²) in [5, 5.41) is 3.29. The fourth-order valence-corrected chi connectivity index (χ4v) is 3.84. The second-order valence-corrected chi connectivity index (χ2v) is 8.70. The highest BCUT2D eigenvalue weighted by Gasteiger charge is 2.31. The SMILES string of the molecule is C[C@H](C(N)=O)[N+](C)(C)c1ccc(-c2ccnc(Nc3ccc(N4CCOCC4)cc3)n2)cc1. The van der Waals surface area contributed by atoms with Crippen molar-refractivity contribution in [1.82, 2.24) is 14.5 Å². The average molecular weight is 448 g/mol. The van der Waals surface area contributed by atoms with Crippen LogP contribution in [0.25, 0.3) is 11.3 Å². The first kappa shape index (κ1) is 22.7. The van der Waals surface area contributed by atoms with E-state index in [0.29, 0.717) is 10.4 Å². The van der Waals surface area contributed by atoms with Gasteiger partial charge in [-0.25, -0.2) is 9.97 Å². The number of ether oxygens (including phenoxy) is 1. The summed E-state index contributed by atoms with van der Waals surface area (Å²) in [7, 11) is 3.95. The van der Waals surface area contributed by atoms with Crippen molar-refractivity contribution in [2.75, 3.05) is 50.6 Å². The lowest BCUT2D eigenvalue weighted by Crippen LogP contribution is -2.54.